The molecule has 1 aliphatic rings. The molecule has 1 aromatic carbocycles. The molecule has 104 valence electrons. The molecule has 1 saturated heterocycles. The molecule has 2 rings (SSSR count). The second-order valence-electron chi connectivity index (χ2n) is 4.69. The quantitative estimate of drug-likeness (QED) is 0.799. The third-order valence-electron chi connectivity index (χ3n) is 3.33. The van der Waals surface area contributed by atoms with Crippen molar-refractivity contribution in [2.24, 2.45) is 0 Å². The standard InChI is InChI=1S/C13H16ClNO3S/c1-10-4-6-11(7-5-10)19(17,18)15-8-2-3-12(15)13(16)9-14/h4-7,12H,2-3,8-9H2,1H3/t12-/m0/s1. The third-order valence-corrected chi connectivity index (χ3v) is 5.52. The number of benzene rings is 1. The van der Waals surface area contributed by atoms with Crippen LogP contribution >= 0.6 is 11.6 Å². The topological polar surface area (TPSA) is 54.5 Å². The highest BCUT2D eigenvalue weighted by atomic mass is 35.5. The predicted octanol–water partition coefficient (Wildman–Crippen LogP) is 1.96. The minimum atomic E-state index is -3.61. The van der Waals surface area contributed by atoms with Crippen molar-refractivity contribution in [1.82, 2.24) is 4.31 Å². The lowest BCUT2D eigenvalue weighted by atomic mass is 10.2. The van der Waals surface area contributed by atoms with Gasteiger partial charge in [-0.05, 0) is 31.9 Å². The van der Waals surface area contributed by atoms with Gasteiger partial charge in [-0.2, -0.15) is 4.31 Å². The van der Waals surface area contributed by atoms with Crippen LogP contribution in [0.15, 0.2) is 29.2 Å². The maximum atomic E-state index is 12.5. The summed E-state index contributed by atoms with van der Waals surface area (Å²) in [7, 11) is -3.61. The number of rotatable bonds is 4. The Hall–Kier alpha value is -0.910. The van der Waals surface area contributed by atoms with E-state index < -0.39 is 16.1 Å². The number of carbonyl (C=O) groups excluding carboxylic acids is 1. The van der Waals surface area contributed by atoms with E-state index in [2.05, 4.69) is 0 Å². The summed E-state index contributed by atoms with van der Waals surface area (Å²) in [5.41, 5.74) is 0.994. The van der Waals surface area contributed by atoms with Gasteiger partial charge in [-0.1, -0.05) is 17.7 Å². The van der Waals surface area contributed by atoms with E-state index in [9.17, 15) is 13.2 Å². The van der Waals surface area contributed by atoms with Crippen LogP contribution in [-0.2, 0) is 14.8 Å². The molecule has 0 unspecified atom stereocenters. The fourth-order valence-corrected chi connectivity index (χ4v) is 4.14. The number of ketones is 1. The van der Waals surface area contributed by atoms with Crippen LogP contribution < -0.4 is 0 Å². The van der Waals surface area contributed by atoms with Crippen LogP contribution in [0.3, 0.4) is 0 Å². The maximum absolute atomic E-state index is 12.5. The molecular formula is C13H16ClNO3S. The van der Waals surface area contributed by atoms with E-state index in [-0.39, 0.29) is 16.6 Å². The molecule has 1 fully saturated rings. The van der Waals surface area contributed by atoms with Crippen LogP contribution in [-0.4, -0.2) is 37.0 Å². The molecule has 0 saturated carbocycles. The number of Topliss-reactive ketones (excluding diaryl/α,β-unsaturated/α-hetero) is 1. The van der Waals surface area contributed by atoms with Crippen molar-refractivity contribution in [3.8, 4) is 0 Å². The Kier molecular flexibility index (Phi) is 4.28. The van der Waals surface area contributed by atoms with Gasteiger partial charge in [0.25, 0.3) is 0 Å². The highest BCUT2D eigenvalue weighted by molar-refractivity contribution is 7.89. The zero-order valence-corrected chi connectivity index (χ0v) is 12.2. The molecule has 0 aliphatic carbocycles. The van der Waals surface area contributed by atoms with Crippen molar-refractivity contribution in [3.63, 3.8) is 0 Å². The number of halogens is 1. The fraction of sp³-hybridized carbons (Fsp3) is 0.462. The van der Waals surface area contributed by atoms with E-state index in [0.717, 1.165) is 5.56 Å². The molecule has 1 aromatic rings. The number of hydrogen-bond donors (Lipinski definition) is 0. The van der Waals surface area contributed by atoms with Gasteiger partial charge in [0, 0.05) is 6.54 Å². The van der Waals surface area contributed by atoms with Gasteiger partial charge < -0.3 is 0 Å². The van der Waals surface area contributed by atoms with Crippen LogP contribution in [0.1, 0.15) is 18.4 Å². The first-order chi connectivity index (χ1) is 8.96. The Bertz CT molecular complexity index is 568. The zero-order chi connectivity index (χ0) is 14.0. The number of hydrogen-bond acceptors (Lipinski definition) is 3. The summed E-state index contributed by atoms with van der Waals surface area (Å²) in [6.07, 6.45) is 1.25. The molecule has 4 nitrogen and oxygen atoms in total. The van der Waals surface area contributed by atoms with Crippen molar-refractivity contribution in [2.75, 3.05) is 12.4 Å². The number of alkyl halides is 1. The smallest absolute Gasteiger partial charge is 0.243 e. The number of nitrogens with zero attached hydrogens (tertiary/aromatic N) is 1. The summed E-state index contributed by atoms with van der Waals surface area (Å²) in [4.78, 5) is 11.9. The van der Waals surface area contributed by atoms with Gasteiger partial charge >= 0.3 is 0 Å². The average Bonchev–Trinajstić information content (AvgIpc) is 2.88. The lowest BCUT2D eigenvalue weighted by molar-refractivity contribution is -0.119. The summed E-state index contributed by atoms with van der Waals surface area (Å²) in [6, 6.07) is 6.04. The van der Waals surface area contributed by atoms with E-state index in [1.807, 2.05) is 6.92 Å². The van der Waals surface area contributed by atoms with Crippen molar-refractivity contribution in [2.45, 2.75) is 30.7 Å². The minimum absolute atomic E-state index is 0.148. The van der Waals surface area contributed by atoms with Gasteiger partial charge in [-0.3, -0.25) is 4.79 Å². The fourth-order valence-electron chi connectivity index (χ4n) is 2.28. The van der Waals surface area contributed by atoms with Crippen LogP contribution in [0, 0.1) is 6.92 Å². The molecule has 0 bridgehead atoms. The van der Waals surface area contributed by atoms with Crippen molar-refractivity contribution in [1.29, 1.82) is 0 Å². The van der Waals surface area contributed by atoms with Crippen LogP contribution in [0.4, 0.5) is 0 Å². The Morgan fingerprint density at radius 2 is 2.00 bits per heavy atom. The molecule has 0 spiro atoms. The lowest BCUT2D eigenvalue weighted by Gasteiger charge is -2.22. The summed E-state index contributed by atoms with van der Waals surface area (Å²) < 4.78 is 26.3. The van der Waals surface area contributed by atoms with Crippen molar-refractivity contribution < 1.29 is 13.2 Å². The summed E-state index contributed by atoms with van der Waals surface area (Å²) in [5, 5.41) is 0. The lowest BCUT2D eigenvalue weighted by Crippen LogP contribution is -2.41. The molecule has 1 aliphatic heterocycles. The monoisotopic (exact) mass is 301 g/mol. The average molecular weight is 302 g/mol. The van der Waals surface area contributed by atoms with Crippen molar-refractivity contribution >= 4 is 27.4 Å². The van der Waals surface area contributed by atoms with Crippen LogP contribution in [0.2, 0.25) is 0 Å². The largest absolute Gasteiger partial charge is 0.297 e. The predicted molar refractivity (Wildman–Crippen MR) is 73.8 cm³/mol. The van der Waals surface area contributed by atoms with Gasteiger partial charge in [-0.15, -0.1) is 11.6 Å². The first-order valence-corrected chi connectivity index (χ1v) is 8.11. The maximum Gasteiger partial charge on any atom is 0.243 e. The molecule has 1 atom stereocenters. The molecule has 0 aromatic heterocycles. The number of carbonyl (C=O) groups is 1. The second kappa shape index (κ2) is 5.61. The zero-order valence-electron chi connectivity index (χ0n) is 10.7. The van der Waals surface area contributed by atoms with Crippen LogP contribution in [0.25, 0.3) is 0 Å². The Labute approximate surface area is 118 Å². The van der Waals surface area contributed by atoms with Gasteiger partial charge in [0.1, 0.15) is 0 Å². The highest BCUT2D eigenvalue weighted by Gasteiger charge is 2.38. The minimum Gasteiger partial charge on any atom is -0.297 e. The molecule has 0 N–H and O–H groups in total. The van der Waals surface area contributed by atoms with E-state index in [0.29, 0.717) is 19.4 Å². The summed E-state index contributed by atoms with van der Waals surface area (Å²) in [5.74, 6) is -0.375. The SMILES string of the molecule is Cc1ccc(S(=O)(=O)N2CCC[C@H]2C(=O)CCl)cc1. The second-order valence-corrected chi connectivity index (χ2v) is 6.84. The first-order valence-electron chi connectivity index (χ1n) is 6.14. The summed E-state index contributed by atoms with van der Waals surface area (Å²) in [6.45, 7) is 2.27. The highest BCUT2D eigenvalue weighted by Crippen LogP contribution is 2.26. The van der Waals surface area contributed by atoms with E-state index >= 15 is 0 Å². The molecule has 6 heteroatoms. The number of aryl methyl sites for hydroxylation is 1. The van der Waals surface area contributed by atoms with Gasteiger partial charge in [-0.25, -0.2) is 8.42 Å². The van der Waals surface area contributed by atoms with E-state index in [4.69, 9.17) is 11.6 Å². The van der Waals surface area contributed by atoms with Crippen LogP contribution in [0.5, 0.6) is 0 Å². The Morgan fingerprint density at radius 3 is 2.58 bits per heavy atom. The molecular weight excluding hydrogens is 286 g/mol. The number of sulfonamides is 1. The first kappa shape index (κ1) is 14.5. The Morgan fingerprint density at radius 1 is 1.37 bits per heavy atom. The summed E-state index contributed by atoms with van der Waals surface area (Å²) >= 11 is 5.54. The van der Waals surface area contributed by atoms with E-state index in [1.165, 1.54) is 4.31 Å². The van der Waals surface area contributed by atoms with Gasteiger partial charge in [0.2, 0.25) is 10.0 Å². The molecule has 0 radical (unpaired) electrons. The van der Waals surface area contributed by atoms with E-state index in [1.54, 1.807) is 24.3 Å². The molecule has 19 heavy (non-hydrogen) atoms. The van der Waals surface area contributed by atoms with Gasteiger partial charge in [0.15, 0.2) is 5.78 Å². The molecule has 1 heterocycles. The van der Waals surface area contributed by atoms with Gasteiger partial charge in [0.05, 0.1) is 16.8 Å². The Balaban J connectivity index is 2.33. The molecule has 0 amide bonds. The third kappa shape index (κ3) is 2.83. The van der Waals surface area contributed by atoms with Crippen molar-refractivity contribution in [3.05, 3.63) is 29.8 Å². The normalized spacial score (nSPS) is 20.6.